The topological polar surface area (TPSA) is 40.5 Å². The molecule has 0 spiro atoms. The molecule has 1 aliphatic rings. The van der Waals surface area contributed by atoms with Crippen molar-refractivity contribution in [3.05, 3.63) is 33.8 Å². The van der Waals surface area contributed by atoms with Crippen LogP contribution in [-0.2, 0) is 0 Å². The highest BCUT2D eigenvalue weighted by molar-refractivity contribution is 9.10. The summed E-state index contributed by atoms with van der Waals surface area (Å²) in [6.45, 7) is 2.79. The molecule has 0 unspecified atom stereocenters. The standard InChI is InChI=1S/C13H16BrNO2/c1-9-4-5-10(7-12(9)14)13(17)15-6-2-3-11(15)8-16/h4-5,7,11,16H,2-3,6,8H2,1H3/t11-/m1/s1. The average Bonchev–Trinajstić information content (AvgIpc) is 2.80. The van der Waals surface area contributed by atoms with E-state index in [1.807, 2.05) is 25.1 Å². The van der Waals surface area contributed by atoms with Crippen molar-refractivity contribution in [2.75, 3.05) is 13.2 Å². The van der Waals surface area contributed by atoms with Crippen LogP contribution in [0.25, 0.3) is 0 Å². The summed E-state index contributed by atoms with van der Waals surface area (Å²) in [5.74, 6) is 0.0160. The van der Waals surface area contributed by atoms with E-state index in [4.69, 9.17) is 0 Å². The third kappa shape index (κ3) is 2.53. The number of aliphatic hydroxyl groups is 1. The summed E-state index contributed by atoms with van der Waals surface area (Å²) in [5, 5.41) is 9.23. The average molecular weight is 298 g/mol. The van der Waals surface area contributed by atoms with E-state index >= 15 is 0 Å². The molecule has 1 aromatic rings. The first-order valence-corrected chi connectivity index (χ1v) is 6.60. The third-order valence-corrected chi connectivity index (χ3v) is 4.12. The van der Waals surface area contributed by atoms with Gasteiger partial charge >= 0.3 is 0 Å². The molecule has 0 bridgehead atoms. The van der Waals surface area contributed by atoms with Crippen LogP contribution in [0.2, 0.25) is 0 Å². The van der Waals surface area contributed by atoms with Crippen molar-refractivity contribution < 1.29 is 9.90 Å². The van der Waals surface area contributed by atoms with E-state index in [0.717, 1.165) is 29.4 Å². The highest BCUT2D eigenvalue weighted by Crippen LogP contribution is 2.23. The first-order valence-electron chi connectivity index (χ1n) is 5.81. The number of hydrogen-bond acceptors (Lipinski definition) is 2. The van der Waals surface area contributed by atoms with Crippen LogP contribution in [-0.4, -0.2) is 35.1 Å². The van der Waals surface area contributed by atoms with E-state index in [2.05, 4.69) is 15.9 Å². The maximum Gasteiger partial charge on any atom is 0.254 e. The van der Waals surface area contributed by atoms with E-state index in [1.54, 1.807) is 4.90 Å². The summed E-state index contributed by atoms with van der Waals surface area (Å²) >= 11 is 3.43. The van der Waals surface area contributed by atoms with Crippen LogP contribution in [0.5, 0.6) is 0 Å². The molecule has 1 N–H and O–H groups in total. The number of amides is 1. The molecule has 0 radical (unpaired) electrons. The quantitative estimate of drug-likeness (QED) is 0.910. The fourth-order valence-electron chi connectivity index (χ4n) is 2.18. The zero-order valence-electron chi connectivity index (χ0n) is 9.82. The van der Waals surface area contributed by atoms with Gasteiger partial charge in [-0.2, -0.15) is 0 Å². The Labute approximate surface area is 110 Å². The summed E-state index contributed by atoms with van der Waals surface area (Å²) in [6, 6.07) is 5.61. The van der Waals surface area contributed by atoms with Gasteiger partial charge in [-0.25, -0.2) is 0 Å². The molecular weight excluding hydrogens is 282 g/mol. The SMILES string of the molecule is Cc1ccc(C(=O)N2CCC[C@@H]2CO)cc1Br. The molecule has 0 aliphatic carbocycles. The predicted octanol–water partition coefficient (Wildman–Crippen LogP) is 2.35. The number of halogens is 1. The predicted molar refractivity (Wildman–Crippen MR) is 70.0 cm³/mol. The third-order valence-electron chi connectivity index (χ3n) is 3.27. The van der Waals surface area contributed by atoms with Gasteiger partial charge in [-0.3, -0.25) is 4.79 Å². The molecule has 1 atom stereocenters. The first kappa shape index (κ1) is 12.6. The number of benzene rings is 1. The van der Waals surface area contributed by atoms with Crippen molar-refractivity contribution in [1.29, 1.82) is 0 Å². The van der Waals surface area contributed by atoms with E-state index in [-0.39, 0.29) is 18.6 Å². The molecule has 1 aromatic carbocycles. The second-order valence-corrected chi connectivity index (χ2v) is 5.30. The lowest BCUT2D eigenvalue weighted by Crippen LogP contribution is -2.37. The molecule has 2 rings (SSSR count). The summed E-state index contributed by atoms with van der Waals surface area (Å²) < 4.78 is 0.947. The largest absolute Gasteiger partial charge is 0.394 e. The fourth-order valence-corrected chi connectivity index (χ4v) is 2.56. The van der Waals surface area contributed by atoms with Crippen molar-refractivity contribution in [2.45, 2.75) is 25.8 Å². The fraction of sp³-hybridized carbons (Fsp3) is 0.462. The molecule has 1 amide bonds. The smallest absolute Gasteiger partial charge is 0.254 e. The Morgan fingerprint density at radius 2 is 2.35 bits per heavy atom. The van der Waals surface area contributed by atoms with Gasteiger partial charge in [-0.05, 0) is 37.5 Å². The van der Waals surface area contributed by atoms with Crippen molar-refractivity contribution in [3.63, 3.8) is 0 Å². The maximum atomic E-state index is 12.3. The number of aryl methyl sites for hydroxylation is 1. The summed E-state index contributed by atoms with van der Waals surface area (Å²) in [6.07, 6.45) is 1.87. The highest BCUT2D eigenvalue weighted by atomic mass is 79.9. The Hall–Kier alpha value is -0.870. The van der Waals surface area contributed by atoms with Crippen LogP contribution in [0.1, 0.15) is 28.8 Å². The number of hydrogen-bond donors (Lipinski definition) is 1. The van der Waals surface area contributed by atoms with Gasteiger partial charge < -0.3 is 10.0 Å². The molecule has 1 fully saturated rings. The Bertz CT molecular complexity index is 433. The molecule has 92 valence electrons. The van der Waals surface area contributed by atoms with Crippen molar-refractivity contribution >= 4 is 21.8 Å². The molecule has 1 heterocycles. The Morgan fingerprint density at radius 3 is 3.00 bits per heavy atom. The Morgan fingerprint density at radius 1 is 1.59 bits per heavy atom. The van der Waals surface area contributed by atoms with Gasteiger partial charge in [0.2, 0.25) is 0 Å². The molecule has 17 heavy (non-hydrogen) atoms. The normalized spacial score (nSPS) is 19.7. The zero-order chi connectivity index (χ0) is 12.4. The lowest BCUT2D eigenvalue weighted by atomic mass is 10.1. The highest BCUT2D eigenvalue weighted by Gasteiger charge is 2.28. The number of carbonyl (C=O) groups excluding carboxylic acids is 1. The zero-order valence-corrected chi connectivity index (χ0v) is 11.4. The van der Waals surface area contributed by atoms with Gasteiger partial charge in [-0.15, -0.1) is 0 Å². The van der Waals surface area contributed by atoms with Gasteiger partial charge in [0, 0.05) is 16.6 Å². The van der Waals surface area contributed by atoms with Crippen LogP contribution in [0.3, 0.4) is 0 Å². The Balaban J connectivity index is 2.21. The van der Waals surface area contributed by atoms with Gasteiger partial charge in [0.15, 0.2) is 0 Å². The number of rotatable bonds is 2. The number of likely N-dealkylation sites (tertiary alicyclic amines) is 1. The summed E-state index contributed by atoms with van der Waals surface area (Å²) in [4.78, 5) is 14.0. The molecule has 0 aromatic heterocycles. The van der Waals surface area contributed by atoms with Crippen LogP contribution in [0, 0.1) is 6.92 Å². The van der Waals surface area contributed by atoms with Crippen LogP contribution < -0.4 is 0 Å². The molecule has 1 saturated heterocycles. The first-order chi connectivity index (χ1) is 8.13. The van der Waals surface area contributed by atoms with Crippen LogP contribution in [0.15, 0.2) is 22.7 Å². The number of aliphatic hydroxyl groups excluding tert-OH is 1. The minimum Gasteiger partial charge on any atom is -0.394 e. The minimum atomic E-state index is -0.0115. The van der Waals surface area contributed by atoms with E-state index < -0.39 is 0 Å². The van der Waals surface area contributed by atoms with Gasteiger partial charge in [0.25, 0.3) is 5.91 Å². The molecule has 4 heteroatoms. The molecule has 0 saturated carbocycles. The molecular formula is C13H16BrNO2. The van der Waals surface area contributed by atoms with Gasteiger partial charge in [0.05, 0.1) is 12.6 Å². The maximum absolute atomic E-state index is 12.3. The summed E-state index contributed by atoms with van der Waals surface area (Å²) in [7, 11) is 0. The Kier molecular flexibility index (Phi) is 3.84. The van der Waals surface area contributed by atoms with E-state index in [0.29, 0.717) is 5.56 Å². The van der Waals surface area contributed by atoms with Crippen molar-refractivity contribution in [3.8, 4) is 0 Å². The second-order valence-electron chi connectivity index (χ2n) is 4.44. The van der Waals surface area contributed by atoms with Crippen molar-refractivity contribution in [1.82, 2.24) is 4.90 Å². The summed E-state index contributed by atoms with van der Waals surface area (Å²) in [5.41, 5.74) is 1.80. The number of carbonyl (C=O) groups is 1. The second kappa shape index (κ2) is 5.19. The molecule has 3 nitrogen and oxygen atoms in total. The molecule has 1 aliphatic heterocycles. The monoisotopic (exact) mass is 297 g/mol. The van der Waals surface area contributed by atoms with Crippen LogP contribution >= 0.6 is 15.9 Å². The van der Waals surface area contributed by atoms with Crippen LogP contribution in [0.4, 0.5) is 0 Å². The van der Waals surface area contributed by atoms with E-state index in [1.165, 1.54) is 0 Å². The van der Waals surface area contributed by atoms with E-state index in [9.17, 15) is 9.90 Å². The number of nitrogens with zero attached hydrogens (tertiary/aromatic N) is 1. The van der Waals surface area contributed by atoms with Gasteiger partial charge in [-0.1, -0.05) is 22.0 Å². The minimum absolute atomic E-state index is 0.0115. The lowest BCUT2D eigenvalue weighted by molar-refractivity contribution is 0.0677. The van der Waals surface area contributed by atoms with Crippen molar-refractivity contribution in [2.24, 2.45) is 0 Å². The lowest BCUT2D eigenvalue weighted by Gasteiger charge is -2.23. The van der Waals surface area contributed by atoms with Gasteiger partial charge in [0.1, 0.15) is 0 Å².